The molecule has 1 aromatic carbocycles. The monoisotopic (exact) mass is 482 g/mol. The number of aromatic amines is 1. The smallest absolute Gasteiger partial charge is 0.274 e. The summed E-state index contributed by atoms with van der Waals surface area (Å²) in [6.45, 7) is 7.59. The maximum Gasteiger partial charge on any atom is 0.274 e. The zero-order valence-corrected chi connectivity index (χ0v) is 20.5. The second-order valence-corrected chi connectivity index (χ2v) is 9.55. The minimum absolute atomic E-state index is 0.111. The highest BCUT2D eigenvalue weighted by Gasteiger charge is 2.28. The van der Waals surface area contributed by atoms with Crippen LogP contribution in [-0.2, 0) is 17.6 Å². The Kier molecular flexibility index (Phi) is 7.33. The molecule has 0 aliphatic heterocycles. The average Bonchev–Trinajstić information content (AvgIpc) is 3.52. The molecule has 2 heterocycles. The number of H-pyrrole nitrogens is 1. The Morgan fingerprint density at radius 2 is 1.97 bits per heavy atom. The number of phenols is 1. The van der Waals surface area contributed by atoms with Gasteiger partial charge in [0.15, 0.2) is 0 Å². The summed E-state index contributed by atoms with van der Waals surface area (Å²) in [5.74, 6) is -0.441. The van der Waals surface area contributed by atoms with E-state index in [4.69, 9.17) is 4.74 Å². The van der Waals surface area contributed by atoms with Gasteiger partial charge in [-0.3, -0.25) is 14.7 Å². The fraction of sp³-hybridized carbons (Fsp3) is 0.400. The van der Waals surface area contributed by atoms with Crippen LogP contribution in [0.4, 0.5) is 5.00 Å². The first kappa shape index (κ1) is 24.0. The molecule has 2 aromatic heterocycles. The van der Waals surface area contributed by atoms with E-state index in [-0.39, 0.29) is 23.3 Å². The van der Waals surface area contributed by atoms with E-state index in [0.29, 0.717) is 41.6 Å². The summed E-state index contributed by atoms with van der Waals surface area (Å²) >= 11 is 1.46. The number of carbonyl (C=O) groups excluding carboxylic acids is 2. The highest BCUT2D eigenvalue weighted by atomic mass is 32.1. The summed E-state index contributed by atoms with van der Waals surface area (Å²) in [5, 5.41) is 23.7. The van der Waals surface area contributed by atoms with Gasteiger partial charge in [-0.25, -0.2) is 0 Å². The van der Waals surface area contributed by atoms with Crippen molar-refractivity contribution in [3.05, 3.63) is 51.0 Å². The molecule has 0 unspecified atom stereocenters. The third kappa shape index (κ3) is 5.00. The lowest BCUT2D eigenvalue weighted by Crippen LogP contribution is -2.27. The zero-order chi connectivity index (χ0) is 24.2. The number of aryl methyl sites for hydroxylation is 3. The normalized spacial score (nSPS) is 12.6. The lowest BCUT2D eigenvalue weighted by Gasteiger charge is -2.09. The molecule has 1 aliphatic carbocycles. The van der Waals surface area contributed by atoms with Crippen molar-refractivity contribution in [3.8, 4) is 17.0 Å². The molecule has 0 saturated carbocycles. The molecule has 1 aliphatic rings. The predicted octanol–water partition coefficient (Wildman–Crippen LogP) is 4.36. The number of nitrogens with zero attached hydrogens (tertiary/aromatic N) is 1. The summed E-state index contributed by atoms with van der Waals surface area (Å²) < 4.78 is 5.33. The first-order chi connectivity index (χ1) is 16.4. The minimum atomic E-state index is -0.382. The second kappa shape index (κ2) is 10.4. The van der Waals surface area contributed by atoms with Gasteiger partial charge < -0.3 is 20.5 Å². The number of thiophene rings is 1. The molecule has 0 spiro atoms. The quantitative estimate of drug-likeness (QED) is 0.338. The van der Waals surface area contributed by atoms with Crippen LogP contribution >= 0.6 is 11.3 Å². The summed E-state index contributed by atoms with van der Waals surface area (Å²) in [6, 6.07) is 5.14. The first-order valence-corrected chi connectivity index (χ1v) is 12.4. The molecule has 0 atom stereocenters. The van der Waals surface area contributed by atoms with Gasteiger partial charge in [-0.2, -0.15) is 5.10 Å². The van der Waals surface area contributed by atoms with Crippen molar-refractivity contribution in [2.45, 2.75) is 46.5 Å². The number of rotatable bonds is 9. The van der Waals surface area contributed by atoms with Gasteiger partial charge >= 0.3 is 0 Å². The molecule has 0 fully saturated rings. The Morgan fingerprint density at radius 1 is 1.18 bits per heavy atom. The van der Waals surface area contributed by atoms with Gasteiger partial charge in [0.1, 0.15) is 16.4 Å². The van der Waals surface area contributed by atoms with E-state index in [2.05, 4.69) is 20.8 Å². The molecular formula is C25H30N4O4S. The number of hydrogen-bond donors (Lipinski definition) is 4. The van der Waals surface area contributed by atoms with Crippen LogP contribution in [0, 0.1) is 13.8 Å². The molecule has 0 bridgehead atoms. The highest BCUT2D eigenvalue weighted by Crippen LogP contribution is 2.39. The molecule has 4 N–H and O–H groups in total. The highest BCUT2D eigenvalue weighted by molar-refractivity contribution is 7.17. The van der Waals surface area contributed by atoms with Crippen LogP contribution in [-0.4, -0.2) is 46.9 Å². The SMILES string of the molecule is CCOCCCNC(=O)c1c(NC(=O)c2cc(-c3cc(C)c(C)cc3O)n[nH]2)sc2c1CCC2. The van der Waals surface area contributed by atoms with E-state index in [1.54, 1.807) is 12.1 Å². The number of aromatic hydroxyl groups is 1. The first-order valence-electron chi connectivity index (χ1n) is 11.6. The maximum absolute atomic E-state index is 13.0. The van der Waals surface area contributed by atoms with E-state index >= 15 is 0 Å². The fourth-order valence-electron chi connectivity index (χ4n) is 4.09. The van der Waals surface area contributed by atoms with Crippen LogP contribution in [0.3, 0.4) is 0 Å². The van der Waals surface area contributed by atoms with Crippen LogP contribution in [0.2, 0.25) is 0 Å². The lowest BCUT2D eigenvalue weighted by molar-refractivity contribution is 0.0944. The summed E-state index contributed by atoms with van der Waals surface area (Å²) in [5.41, 5.74) is 4.88. The van der Waals surface area contributed by atoms with Gasteiger partial charge in [0.2, 0.25) is 0 Å². The molecular weight excluding hydrogens is 452 g/mol. The molecule has 180 valence electrons. The Labute approximate surface area is 202 Å². The Balaban J connectivity index is 1.51. The van der Waals surface area contributed by atoms with Crippen molar-refractivity contribution in [2.24, 2.45) is 0 Å². The Bertz CT molecular complexity index is 1210. The Hall–Kier alpha value is -3.17. The van der Waals surface area contributed by atoms with Crippen molar-refractivity contribution in [1.82, 2.24) is 15.5 Å². The number of fused-ring (bicyclic) bond motifs is 1. The molecule has 0 saturated heterocycles. The number of anilines is 1. The van der Waals surface area contributed by atoms with Crippen molar-refractivity contribution in [3.63, 3.8) is 0 Å². The summed E-state index contributed by atoms with van der Waals surface area (Å²) in [7, 11) is 0. The maximum atomic E-state index is 13.0. The number of amides is 2. The Morgan fingerprint density at radius 3 is 2.76 bits per heavy atom. The summed E-state index contributed by atoms with van der Waals surface area (Å²) in [6.07, 6.45) is 3.50. The lowest BCUT2D eigenvalue weighted by atomic mass is 10.0. The van der Waals surface area contributed by atoms with E-state index in [1.165, 1.54) is 11.3 Å². The van der Waals surface area contributed by atoms with Crippen molar-refractivity contribution >= 4 is 28.2 Å². The second-order valence-electron chi connectivity index (χ2n) is 8.44. The van der Waals surface area contributed by atoms with Crippen LogP contribution in [0.1, 0.15) is 62.2 Å². The van der Waals surface area contributed by atoms with Gasteiger partial charge in [0, 0.05) is 30.2 Å². The van der Waals surface area contributed by atoms with Gasteiger partial charge in [-0.05, 0) is 81.3 Å². The fourth-order valence-corrected chi connectivity index (χ4v) is 5.38. The zero-order valence-electron chi connectivity index (χ0n) is 19.7. The minimum Gasteiger partial charge on any atom is -0.507 e. The molecule has 4 rings (SSSR count). The van der Waals surface area contributed by atoms with Gasteiger partial charge in [-0.1, -0.05) is 0 Å². The van der Waals surface area contributed by atoms with E-state index in [0.717, 1.165) is 47.3 Å². The van der Waals surface area contributed by atoms with Crippen LogP contribution in [0.15, 0.2) is 18.2 Å². The van der Waals surface area contributed by atoms with Gasteiger partial charge in [0.05, 0.1) is 11.3 Å². The standard InChI is InChI=1S/C25H30N4O4S/c1-4-33-10-6-9-26-24(32)22-16-7-5-8-21(16)34-25(22)27-23(31)19-13-18(28-29-19)17-11-14(2)15(3)12-20(17)30/h11-13,30H,4-10H2,1-3H3,(H,26,32)(H,27,31)(H,28,29). The number of carbonyl (C=O) groups is 2. The molecule has 0 radical (unpaired) electrons. The number of phenolic OH excluding ortho intramolecular Hbond substituents is 1. The van der Waals surface area contributed by atoms with E-state index in [9.17, 15) is 14.7 Å². The number of benzene rings is 1. The average molecular weight is 483 g/mol. The number of ether oxygens (including phenoxy) is 1. The molecule has 34 heavy (non-hydrogen) atoms. The summed E-state index contributed by atoms with van der Waals surface area (Å²) in [4.78, 5) is 27.1. The van der Waals surface area contributed by atoms with Gasteiger partial charge in [0.25, 0.3) is 11.8 Å². The van der Waals surface area contributed by atoms with Crippen molar-refractivity contribution in [1.29, 1.82) is 0 Å². The largest absolute Gasteiger partial charge is 0.507 e. The number of hydrogen-bond acceptors (Lipinski definition) is 6. The van der Waals surface area contributed by atoms with E-state index in [1.807, 2.05) is 26.8 Å². The molecule has 8 nitrogen and oxygen atoms in total. The van der Waals surface area contributed by atoms with Crippen LogP contribution < -0.4 is 10.6 Å². The third-order valence-electron chi connectivity index (χ3n) is 6.04. The van der Waals surface area contributed by atoms with Crippen LogP contribution in [0.25, 0.3) is 11.3 Å². The molecule has 3 aromatic rings. The topological polar surface area (TPSA) is 116 Å². The number of aromatic nitrogens is 2. The third-order valence-corrected chi connectivity index (χ3v) is 7.25. The van der Waals surface area contributed by atoms with Crippen LogP contribution in [0.5, 0.6) is 5.75 Å². The predicted molar refractivity (Wildman–Crippen MR) is 133 cm³/mol. The van der Waals surface area contributed by atoms with E-state index < -0.39 is 0 Å². The van der Waals surface area contributed by atoms with Crippen molar-refractivity contribution in [2.75, 3.05) is 25.1 Å². The molecule has 9 heteroatoms. The number of nitrogens with one attached hydrogen (secondary N) is 3. The van der Waals surface area contributed by atoms with Gasteiger partial charge in [-0.15, -0.1) is 11.3 Å². The van der Waals surface area contributed by atoms with Crippen molar-refractivity contribution < 1.29 is 19.4 Å². The molecule has 2 amide bonds.